The molecule has 0 aromatic rings. The quantitative estimate of drug-likeness (QED) is 0.543. The second kappa shape index (κ2) is 8.34. The molecule has 0 radical (unpaired) electrons. The van der Waals surface area contributed by atoms with E-state index in [-0.39, 0.29) is 0 Å². The summed E-state index contributed by atoms with van der Waals surface area (Å²) in [5, 5.41) is 6.73. The van der Waals surface area contributed by atoms with Gasteiger partial charge in [0.1, 0.15) is 0 Å². The molecule has 1 aliphatic heterocycles. The maximum atomic E-state index is 4.22. The van der Waals surface area contributed by atoms with Gasteiger partial charge in [-0.3, -0.25) is 4.99 Å². The van der Waals surface area contributed by atoms with Crippen LogP contribution in [0.2, 0.25) is 0 Å². The van der Waals surface area contributed by atoms with E-state index < -0.39 is 0 Å². The first-order chi connectivity index (χ1) is 8.30. The fourth-order valence-corrected chi connectivity index (χ4v) is 2.30. The van der Waals surface area contributed by atoms with Gasteiger partial charge < -0.3 is 15.5 Å². The number of aliphatic imine (C=N–C) groups is 1. The van der Waals surface area contributed by atoms with Gasteiger partial charge in [-0.15, -0.1) is 0 Å². The van der Waals surface area contributed by atoms with Crippen molar-refractivity contribution < 1.29 is 0 Å². The molecule has 0 aliphatic carbocycles. The van der Waals surface area contributed by atoms with Crippen LogP contribution in [0.25, 0.3) is 0 Å². The Bertz CT molecular complexity index is 227. The molecule has 1 fully saturated rings. The molecule has 2 N–H and O–H groups in total. The zero-order valence-corrected chi connectivity index (χ0v) is 11.6. The summed E-state index contributed by atoms with van der Waals surface area (Å²) in [4.78, 5) is 6.79. The molecule has 0 amide bonds. The average molecular weight is 240 g/mol. The van der Waals surface area contributed by atoms with Crippen LogP contribution in [0.15, 0.2) is 4.99 Å². The standard InChI is InChI=1S/C13H28N4/c1-4-7-15-13(14-3)16-10-12-6-9-17(11-12)8-5-2/h12H,4-11H2,1-3H3,(H2,14,15,16). The largest absolute Gasteiger partial charge is 0.356 e. The van der Waals surface area contributed by atoms with Crippen LogP contribution < -0.4 is 10.6 Å². The van der Waals surface area contributed by atoms with Crippen molar-refractivity contribution in [3.8, 4) is 0 Å². The molecule has 0 aromatic heterocycles. The number of guanidine groups is 1. The lowest BCUT2D eigenvalue weighted by atomic mass is 10.1. The second-order valence-corrected chi connectivity index (χ2v) is 4.84. The highest BCUT2D eigenvalue weighted by atomic mass is 15.2. The van der Waals surface area contributed by atoms with Crippen molar-refractivity contribution in [1.29, 1.82) is 0 Å². The van der Waals surface area contributed by atoms with Crippen LogP contribution in [0.3, 0.4) is 0 Å². The number of nitrogens with zero attached hydrogens (tertiary/aromatic N) is 2. The Kier molecular flexibility index (Phi) is 7.01. The lowest BCUT2D eigenvalue weighted by molar-refractivity contribution is 0.324. The summed E-state index contributed by atoms with van der Waals surface area (Å²) in [6, 6.07) is 0. The third-order valence-electron chi connectivity index (χ3n) is 3.23. The molecule has 4 nitrogen and oxygen atoms in total. The van der Waals surface area contributed by atoms with Gasteiger partial charge in [0.2, 0.25) is 0 Å². The van der Waals surface area contributed by atoms with Gasteiger partial charge in [-0.25, -0.2) is 0 Å². The summed E-state index contributed by atoms with van der Waals surface area (Å²) < 4.78 is 0. The monoisotopic (exact) mass is 240 g/mol. The molecular weight excluding hydrogens is 212 g/mol. The van der Waals surface area contributed by atoms with Gasteiger partial charge in [0.25, 0.3) is 0 Å². The van der Waals surface area contributed by atoms with E-state index in [1.807, 2.05) is 7.05 Å². The van der Waals surface area contributed by atoms with E-state index in [4.69, 9.17) is 0 Å². The number of likely N-dealkylation sites (tertiary alicyclic amines) is 1. The SMILES string of the molecule is CCCNC(=NC)NCC1CCN(CCC)C1. The molecule has 1 aliphatic rings. The Morgan fingerprint density at radius 3 is 2.76 bits per heavy atom. The fourth-order valence-electron chi connectivity index (χ4n) is 2.30. The van der Waals surface area contributed by atoms with Crippen LogP contribution in [0.4, 0.5) is 0 Å². The van der Waals surface area contributed by atoms with Crippen LogP contribution in [-0.2, 0) is 0 Å². The van der Waals surface area contributed by atoms with Gasteiger partial charge in [0, 0.05) is 26.7 Å². The molecule has 100 valence electrons. The average Bonchev–Trinajstić information content (AvgIpc) is 2.78. The summed E-state index contributed by atoms with van der Waals surface area (Å²) in [5.41, 5.74) is 0. The number of hydrogen-bond acceptors (Lipinski definition) is 2. The molecule has 0 aromatic carbocycles. The van der Waals surface area contributed by atoms with E-state index in [9.17, 15) is 0 Å². The van der Waals surface area contributed by atoms with Crippen molar-refractivity contribution in [3.63, 3.8) is 0 Å². The van der Waals surface area contributed by atoms with Crippen LogP contribution in [-0.4, -0.2) is 50.6 Å². The fraction of sp³-hybridized carbons (Fsp3) is 0.923. The van der Waals surface area contributed by atoms with Crippen molar-refractivity contribution in [3.05, 3.63) is 0 Å². The Morgan fingerprint density at radius 2 is 2.12 bits per heavy atom. The third kappa shape index (κ3) is 5.39. The number of nitrogens with one attached hydrogen (secondary N) is 2. The zero-order chi connectivity index (χ0) is 12.5. The Morgan fingerprint density at radius 1 is 1.29 bits per heavy atom. The van der Waals surface area contributed by atoms with E-state index in [1.165, 1.54) is 32.5 Å². The normalized spacial score (nSPS) is 21.8. The number of rotatable bonds is 6. The van der Waals surface area contributed by atoms with Crippen molar-refractivity contribution in [2.24, 2.45) is 10.9 Å². The highest BCUT2D eigenvalue weighted by Crippen LogP contribution is 2.15. The summed E-state index contributed by atoms with van der Waals surface area (Å²) in [7, 11) is 1.84. The van der Waals surface area contributed by atoms with E-state index in [0.717, 1.165) is 31.4 Å². The van der Waals surface area contributed by atoms with Crippen molar-refractivity contribution in [1.82, 2.24) is 15.5 Å². The molecule has 0 spiro atoms. The maximum absolute atomic E-state index is 4.22. The third-order valence-corrected chi connectivity index (χ3v) is 3.23. The Balaban J connectivity index is 2.17. The Labute approximate surface area is 106 Å². The Hall–Kier alpha value is -0.770. The minimum absolute atomic E-state index is 0.779. The molecule has 1 rings (SSSR count). The summed E-state index contributed by atoms with van der Waals surface area (Å²) in [6.45, 7) is 10.2. The van der Waals surface area contributed by atoms with Crippen LogP contribution >= 0.6 is 0 Å². The van der Waals surface area contributed by atoms with Gasteiger partial charge in [0.05, 0.1) is 0 Å². The predicted octanol–water partition coefficient (Wildman–Crippen LogP) is 1.29. The molecule has 0 saturated carbocycles. The van der Waals surface area contributed by atoms with Crippen molar-refractivity contribution in [2.45, 2.75) is 33.1 Å². The molecule has 0 bridgehead atoms. The van der Waals surface area contributed by atoms with Gasteiger partial charge >= 0.3 is 0 Å². The van der Waals surface area contributed by atoms with E-state index in [2.05, 4.69) is 34.4 Å². The predicted molar refractivity (Wildman–Crippen MR) is 74.5 cm³/mol. The number of hydrogen-bond donors (Lipinski definition) is 2. The summed E-state index contributed by atoms with van der Waals surface area (Å²) in [6.07, 6.45) is 3.71. The van der Waals surface area contributed by atoms with Gasteiger partial charge in [-0.1, -0.05) is 13.8 Å². The molecule has 1 unspecified atom stereocenters. The summed E-state index contributed by atoms with van der Waals surface area (Å²) in [5.74, 6) is 1.72. The second-order valence-electron chi connectivity index (χ2n) is 4.84. The van der Waals surface area contributed by atoms with Crippen LogP contribution in [0.5, 0.6) is 0 Å². The lowest BCUT2D eigenvalue weighted by Crippen LogP contribution is -2.40. The molecule has 1 atom stereocenters. The van der Waals surface area contributed by atoms with Gasteiger partial charge in [0.15, 0.2) is 5.96 Å². The van der Waals surface area contributed by atoms with E-state index in [0.29, 0.717) is 0 Å². The zero-order valence-electron chi connectivity index (χ0n) is 11.6. The van der Waals surface area contributed by atoms with Crippen molar-refractivity contribution in [2.75, 3.05) is 39.8 Å². The topological polar surface area (TPSA) is 39.7 Å². The molecular formula is C13H28N4. The highest BCUT2D eigenvalue weighted by Gasteiger charge is 2.21. The first-order valence-corrected chi connectivity index (χ1v) is 6.97. The van der Waals surface area contributed by atoms with E-state index in [1.54, 1.807) is 0 Å². The van der Waals surface area contributed by atoms with Gasteiger partial charge in [-0.2, -0.15) is 0 Å². The molecule has 1 heterocycles. The maximum Gasteiger partial charge on any atom is 0.190 e. The van der Waals surface area contributed by atoms with Crippen LogP contribution in [0.1, 0.15) is 33.1 Å². The highest BCUT2D eigenvalue weighted by molar-refractivity contribution is 5.79. The minimum atomic E-state index is 0.779. The first-order valence-electron chi connectivity index (χ1n) is 6.97. The smallest absolute Gasteiger partial charge is 0.190 e. The molecule has 1 saturated heterocycles. The van der Waals surface area contributed by atoms with Gasteiger partial charge in [-0.05, 0) is 38.3 Å². The molecule has 17 heavy (non-hydrogen) atoms. The molecule has 4 heteroatoms. The minimum Gasteiger partial charge on any atom is -0.356 e. The summed E-state index contributed by atoms with van der Waals surface area (Å²) >= 11 is 0. The van der Waals surface area contributed by atoms with Crippen LogP contribution in [0, 0.1) is 5.92 Å². The van der Waals surface area contributed by atoms with Crippen molar-refractivity contribution >= 4 is 5.96 Å². The lowest BCUT2D eigenvalue weighted by Gasteiger charge is -2.16. The van der Waals surface area contributed by atoms with E-state index >= 15 is 0 Å². The first kappa shape index (κ1) is 14.3.